The molecule has 2 atom stereocenters. The predicted octanol–water partition coefficient (Wildman–Crippen LogP) is 4.24. The third-order valence-electron chi connectivity index (χ3n) is 5.04. The Balaban J connectivity index is 2.19. The Kier molecular flexibility index (Phi) is 8.84. The van der Waals surface area contributed by atoms with E-state index >= 15 is 0 Å². The van der Waals surface area contributed by atoms with Crippen LogP contribution in [0.25, 0.3) is 0 Å². The monoisotopic (exact) mass is 414 g/mol. The number of nitrogens with zero attached hydrogens (tertiary/aromatic N) is 1. The zero-order valence-corrected chi connectivity index (χ0v) is 18.2. The van der Waals surface area contributed by atoms with Crippen molar-refractivity contribution in [3.05, 3.63) is 65.5 Å². The lowest BCUT2D eigenvalue weighted by Gasteiger charge is -2.31. The summed E-state index contributed by atoms with van der Waals surface area (Å²) in [6.45, 7) is 7.77. The fourth-order valence-corrected chi connectivity index (χ4v) is 3.01. The minimum absolute atomic E-state index is 0.0122. The van der Waals surface area contributed by atoms with Crippen LogP contribution in [0.15, 0.2) is 48.5 Å². The number of carbonyl (C=O) groups excluding carboxylic acids is 2. The number of halogens is 1. The van der Waals surface area contributed by atoms with Gasteiger partial charge in [0.05, 0.1) is 0 Å². The summed E-state index contributed by atoms with van der Waals surface area (Å²) < 4.78 is 18.9. The maximum Gasteiger partial charge on any atom is 0.261 e. The van der Waals surface area contributed by atoms with Crippen LogP contribution in [-0.4, -0.2) is 35.4 Å². The molecule has 0 aromatic heterocycles. The summed E-state index contributed by atoms with van der Waals surface area (Å²) in [5.74, 6) is -0.252. The highest BCUT2D eigenvalue weighted by Crippen LogP contribution is 2.16. The molecule has 0 bridgehead atoms. The van der Waals surface area contributed by atoms with Crippen molar-refractivity contribution in [1.82, 2.24) is 10.2 Å². The molecule has 1 N–H and O–H groups in total. The fraction of sp³-hybridized carbons (Fsp3) is 0.417. The van der Waals surface area contributed by atoms with Gasteiger partial charge in [-0.1, -0.05) is 43.7 Å². The molecule has 2 rings (SSSR count). The Bertz CT molecular complexity index is 821. The van der Waals surface area contributed by atoms with Gasteiger partial charge in [0, 0.05) is 12.6 Å². The lowest BCUT2D eigenvalue weighted by atomic mass is 10.1. The zero-order chi connectivity index (χ0) is 22.1. The lowest BCUT2D eigenvalue weighted by molar-refractivity contribution is -0.143. The molecule has 162 valence electrons. The molecule has 2 aromatic rings. The highest BCUT2D eigenvalue weighted by atomic mass is 19.1. The topological polar surface area (TPSA) is 58.6 Å². The zero-order valence-electron chi connectivity index (χ0n) is 18.2. The van der Waals surface area contributed by atoms with E-state index in [1.807, 2.05) is 39.8 Å². The second-order valence-electron chi connectivity index (χ2n) is 7.49. The molecule has 0 saturated carbocycles. The molecule has 2 unspecified atom stereocenters. The Morgan fingerprint density at radius 1 is 1.03 bits per heavy atom. The van der Waals surface area contributed by atoms with Gasteiger partial charge < -0.3 is 15.0 Å². The number of amides is 2. The number of rotatable bonds is 10. The summed E-state index contributed by atoms with van der Waals surface area (Å²) in [4.78, 5) is 27.4. The van der Waals surface area contributed by atoms with Gasteiger partial charge in [0.2, 0.25) is 5.91 Å². The largest absolute Gasteiger partial charge is 0.484 e. The van der Waals surface area contributed by atoms with Crippen molar-refractivity contribution in [1.29, 1.82) is 0 Å². The average Bonchev–Trinajstić information content (AvgIpc) is 2.74. The van der Waals surface area contributed by atoms with Gasteiger partial charge in [-0.25, -0.2) is 4.39 Å². The van der Waals surface area contributed by atoms with E-state index in [0.717, 1.165) is 17.5 Å². The molecular formula is C24H31FN2O3. The SMILES string of the molecule is CCC(C)NC(=O)C(CC)N(Cc1ccc(F)cc1)C(=O)COc1ccc(C)cc1. The van der Waals surface area contributed by atoms with Crippen molar-refractivity contribution >= 4 is 11.8 Å². The molecule has 30 heavy (non-hydrogen) atoms. The Labute approximate surface area is 178 Å². The molecule has 0 aliphatic rings. The molecular weight excluding hydrogens is 383 g/mol. The Morgan fingerprint density at radius 3 is 2.23 bits per heavy atom. The number of hydrogen-bond acceptors (Lipinski definition) is 3. The number of hydrogen-bond donors (Lipinski definition) is 1. The van der Waals surface area contributed by atoms with Crippen molar-refractivity contribution in [2.24, 2.45) is 0 Å². The molecule has 0 saturated heterocycles. The van der Waals surface area contributed by atoms with Crippen molar-refractivity contribution in [2.75, 3.05) is 6.61 Å². The molecule has 5 nitrogen and oxygen atoms in total. The highest BCUT2D eigenvalue weighted by molar-refractivity contribution is 5.88. The van der Waals surface area contributed by atoms with Crippen LogP contribution in [-0.2, 0) is 16.1 Å². The van der Waals surface area contributed by atoms with Crippen molar-refractivity contribution < 1.29 is 18.7 Å². The second kappa shape index (κ2) is 11.3. The normalized spacial score (nSPS) is 12.7. The molecule has 0 radical (unpaired) electrons. The van der Waals surface area contributed by atoms with E-state index in [1.54, 1.807) is 24.3 Å². The summed E-state index contributed by atoms with van der Waals surface area (Å²) in [7, 11) is 0. The molecule has 2 aromatic carbocycles. The van der Waals surface area contributed by atoms with Crippen LogP contribution in [0.2, 0.25) is 0 Å². The molecule has 6 heteroatoms. The van der Waals surface area contributed by atoms with Gasteiger partial charge in [0.1, 0.15) is 17.6 Å². The van der Waals surface area contributed by atoms with Gasteiger partial charge in [0.25, 0.3) is 5.91 Å². The van der Waals surface area contributed by atoms with E-state index < -0.39 is 6.04 Å². The highest BCUT2D eigenvalue weighted by Gasteiger charge is 2.29. The van der Waals surface area contributed by atoms with Gasteiger partial charge in [-0.05, 0) is 56.5 Å². The summed E-state index contributed by atoms with van der Waals surface area (Å²) >= 11 is 0. The first-order valence-corrected chi connectivity index (χ1v) is 10.4. The number of aryl methyl sites for hydroxylation is 1. The van der Waals surface area contributed by atoms with Crippen LogP contribution < -0.4 is 10.1 Å². The van der Waals surface area contributed by atoms with Crippen molar-refractivity contribution in [3.8, 4) is 5.75 Å². The Morgan fingerprint density at radius 2 is 1.67 bits per heavy atom. The van der Waals surface area contributed by atoms with E-state index in [-0.39, 0.29) is 36.8 Å². The number of ether oxygens (including phenoxy) is 1. The van der Waals surface area contributed by atoms with Gasteiger partial charge >= 0.3 is 0 Å². The van der Waals surface area contributed by atoms with E-state index in [9.17, 15) is 14.0 Å². The summed E-state index contributed by atoms with van der Waals surface area (Å²) in [6.07, 6.45) is 1.25. The number of carbonyl (C=O) groups is 2. The summed E-state index contributed by atoms with van der Waals surface area (Å²) in [6, 6.07) is 12.7. The van der Waals surface area contributed by atoms with Gasteiger partial charge in [-0.3, -0.25) is 9.59 Å². The number of nitrogens with one attached hydrogen (secondary N) is 1. The van der Waals surface area contributed by atoms with E-state index in [2.05, 4.69) is 5.32 Å². The van der Waals surface area contributed by atoms with Crippen LogP contribution in [0, 0.1) is 12.7 Å². The second-order valence-corrected chi connectivity index (χ2v) is 7.49. The van der Waals surface area contributed by atoms with Crippen LogP contribution in [0.3, 0.4) is 0 Å². The van der Waals surface area contributed by atoms with E-state index in [0.29, 0.717) is 12.2 Å². The van der Waals surface area contributed by atoms with Crippen LogP contribution in [0.1, 0.15) is 44.7 Å². The lowest BCUT2D eigenvalue weighted by Crippen LogP contribution is -2.51. The maximum absolute atomic E-state index is 13.3. The average molecular weight is 415 g/mol. The first-order valence-electron chi connectivity index (χ1n) is 10.4. The molecule has 0 aliphatic heterocycles. The molecule has 0 fully saturated rings. The van der Waals surface area contributed by atoms with Crippen molar-refractivity contribution in [2.45, 2.75) is 59.2 Å². The first-order chi connectivity index (χ1) is 14.3. The maximum atomic E-state index is 13.3. The smallest absolute Gasteiger partial charge is 0.261 e. The quantitative estimate of drug-likeness (QED) is 0.633. The summed E-state index contributed by atoms with van der Waals surface area (Å²) in [5.41, 5.74) is 1.84. The molecule has 0 aliphatic carbocycles. The molecule has 0 heterocycles. The minimum Gasteiger partial charge on any atom is -0.484 e. The van der Waals surface area contributed by atoms with E-state index in [4.69, 9.17) is 4.74 Å². The van der Waals surface area contributed by atoms with Gasteiger partial charge in [-0.15, -0.1) is 0 Å². The molecule has 2 amide bonds. The fourth-order valence-electron chi connectivity index (χ4n) is 3.01. The standard InChI is InChI=1S/C24H31FN2O3/c1-5-18(4)26-24(29)22(6-2)27(15-19-9-11-20(25)12-10-19)23(28)16-30-21-13-7-17(3)8-14-21/h7-14,18,22H,5-6,15-16H2,1-4H3,(H,26,29). The van der Waals surface area contributed by atoms with E-state index in [1.165, 1.54) is 17.0 Å². The minimum atomic E-state index is -0.641. The third-order valence-corrected chi connectivity index (χ3v) is 5.04. The first kappa shape index (κ1) is 23.4. The summed E-state index contributed by atoms with van der Waals surface area (Å²) in [5, 5.41) is 2.96. The number of benzene rings is 2. The predicted molar refractivity (Wildman–Crippen MR) is 116 cm³/mol. The van der Waals surface area contributed by atoms with Crippen molar-refractivity contribution in [3.63, 3.8) is 0 Å². The van der Waals surface area contributed by atoms with Crippen LogP contribution in [0.4, 0.5) is 4.39 Å². The Hall–Kier alpha value is -2.89. The van der Waals surface area contributed by atoms with Crippen LogP contribution in [0.5, 0.6) is 5.75 Å². The van der Waals surface area contributed by atoms with Gasteiger partial charge in [-0.2, -0.15) is 0 Å². The molecule has 0 spiro atoms. The van der Waals surface area contributed by atoms with Gasteiger partial charge in [0.15, 0.2) is 6.61 Å². The third kappa shape index (κ3) is 6.87. The van der Waals surface area contributed by atoms with Crippen LogP contribution >= 0.6 is 0 Å².